The van der Waals surface area contributed by atoms with Gasteiger partial charge in [-0.25, -0.2) is 4.79 Å². The second-order valence-corrected chi connectivity index (χ2v) is 6.89. The molecule has 0 spiro atoms. The van der Waals surface area contributed by atoms with Gasteiger partial charge in [-0.15, -0.1) is 0 Å². The van der Waals surface area contributed by atoms with Crippen molar-refractivity contribution in [2.45, 2.75) is 24.8 Å². The maximum atomic E-state index is 12.0. The Morgan fingerprint density at radius 2 is 1.96 bits per heavy atom. The van der Waals surface area contributed by atoms with Gasteiger partial charge < -0.3 is 15.4 Å². The largest absolute Gasteiger partial charge is 0.489 e. The molecule has 0 aliphatic rings. The summed E-state index contributed by atoms with van der Waals surface area (Å²) in [6.45, 7) is 4.25. The van der Waals surface area contributed by atoms with Crippen LogP contribution in [-0.2, 0) is 10.8 Å². The van der Waals surface area contributed by atoms with Crippen molar-refractivity contribution in [3.8, 4) is 5.75 Å². The first-order valence-corrected chi connectivity index (χ1v) is 9.22. The number of hydrogen-bond acceptors (Lipinski definition) is 3. The second-order valence-electron chi connectivity index (χ2n) is 5.51. The molecule has 0 aliphatic carbocycles. The van der Waals surface area contributed by atoms with Crippen LogP contribution >= 0.6 is 0 Å². The summed E-state index contributed by atoms with van der Waals surface area (Å²) in [7, 11) is -1.08. The topological polar surface area (TPSA) is 67.4 Å². The van der Waals surface area contributed by atoms with Crippen LogP contribution in [0.5, 0.6) is 5.75 Å². The maximum Gasteiger partial charge on any atom is 0.319 e. The Labute approximate surface area is 144 Å². The molecule has 2 amide bonds. The van der Waals surface area contributed by atoms with Crippen LogP contribution in [0.4, 0.5) is 10.5 Å². The van der Waals surface area contributed by atoms with Gasteiger partial charge in [0, 0.05) is 27.6 Å². The van der Waals surface area contributed by atoms with Crippen molar-refractivity contribution in [2.75, 3.05) is 18.1 Å². The van der Waals surface area contributed by atoms with Gasteiger partial charge in [-0.2, -0.15) is 0 Å². The molecule has 2 rings (SSSR count). The quantitative estimate of drug-likeness (QED) is 0.843. The Kier molecular flexibility index (Phi) is 6.37. The molecule has 2 N–H and O–H groups in total. The molecule has 2 atom stereocenters. The third-order valence-corrected chi connectivity index (χ3v) is 4.31. The lowest BCUT2D eigenvalue weighted by Crippen LogP contribution is -2.36. The molecule has 0 saturated heterocycles. The van der Waals surface area contributed by atoms with Gasteiger partial charge in [-0.05, 0) is 43.7 Å². The predicted octanol–water partition coefficient (Wildman–Crippen LogP) is 3.32. The molecule has 2 aromatic rings. The van der Waals surface area contributed by atoms with E-state index in [-0.39, 0.29) is 12.1 Å². The molecule has 5 nitrogen and oxygen atoms in total. The van der Waals surface area contributed by atoms with Gasteiger partial charge in [-0.1, -0.05) is 24.3 Å². The lowest BCUT2D eigenvalue weighted by Gasteiger charge is -2.17. The van der Waals surface area contributed by atoms with Crippen LogP contribution in [-0.4, -0.2) is 29.1 Å². The summed E-state index contributed by atoms with van der Waals surface area (Å²) in [5, 5.41) is 5.50. The van der Waals surface area contributed by atoms with E-state index in [1.165, 1.54) is 0 Å². The van der Waals surface area contributed by atoms with Crippen LogP contribution < -0.4 is 15.4 Å². The number of ether oxygens (including phenoxy) is 1. The second kappa shape index (κ2) is 8.49. The Morgan fingerprint density at radius 3 is 2.67 bits per heavy atom. The number of hydrogen-bond donors (Lipinski definition) is 2. The highest BCUT2D eigenvalue weighted by Crippen LogP contribution is 2.17. The Bertz CT molecular complexity index is 734. The standard InChI is InChI=1S/C18H22N2O3S/c1-13-7-4-5-10-17(13)23-14(2)12-19-18(21)20-15-8-6-9-16(11-15)24(3)22/h4-11,14H,12H2,1-3H3,(H2,19,20,21)/t14-,24+/m0/s1. The van der Waals surface area contributed by atoms with Crippen LogP contribution in [0.3, 0.4) is 0 Å². The highest BCUT2D eigenvalue weighted by atomic mass is 32.2. The molecule has 24 heavy (non-hydrogen) atoms. The zero-order valence-electron chi connectivity index (χ0n) is 14.0. The predicted molar refractivity (Wildman–Crippen MR) is 97.1 cm³/mol. The average Bonchev–Trinajstić information content (AvgIpc) is 2.55. The number of aryl methyl sites for hydroxylation is 1. The van der Waals surface area contributed by atoms with Crippen molar-refractivity contribution in [3.63, 3.8) is 0 Å². The molecule has 2 aromatic carbocycles. The Hall–Kier alpha value is -2.34. The van der Waals surface area contributed by atoms with E-state index in [9.17, 15) is 9.00 Å². The molecule has 0 saturated carbocycles. The van der Waals surface area contributed by atoms with E-state index in [4.69, 9.17) is 4.74 Å². The SMILES string of the molecule is Cc1ccccc1O[C@@H](C)CNC(=O)Nc1cccc([S@@](C)=O)c1. The molecule has 0 bridgehead atoms. The maximum absolute atomic E-state index is 12.0. The molecule has 0 aliphatic heterocycles. The number of carbonyl (C=O) groups excluding carboxylic acids is 1. The molecule has 0 fully saturated rings. The average molecular weight is 346 g/mol. The first-order valence-electron chi connectivity index (χ1n) is 7.66. The van der Waals surface area contributed by atoms with Gasteiger partial charge in [0.2, 0.25) is 0 Å². The van der Waals surface area contributed by atoms with Crippen LogP contribution in [0.1, 0.15) is 12.5 Å². The van der Waals surface area contributed by atoms with Gasteiger partial charge in [0.15, 0.2) is 0 Å². The Balaban J connectivity index is 1.83. The number of carbonyl (C=O) groups is 1. The summed E-state index contributed by atoms with van der Waals surface area (Å²) in [6.07, 6.45) is 1.44. The fourth-order valence-electron chi connectivity index (χ4n) is 2.11. The third kappa shape index (κ3) is 5.38. The summed E-state index contributed by atoms with van der Waals surface area (Å²) in [5.41, 5.74) is 1.66. The van der Waals surface area contributed by atoms with Crippen LogP contribution in [0.2, 0.25) is 0 Å². The monoisotopic (exact) mass is 346 g/mol. The minimum Gasteiger partial charge on any atom is -0.489 e. The van der Waals surface area contributed by atoms with E-state index in [1.54, 1.807) is 30.5 Å². The third-order valence-electron chi connectivity index (χ3n) is 3.40. The molecule has 0 heterocycles. The van der Waals surface area contributed by atoms with Crippen LogP contribution in [0.15, 0.2) is 53.4 Å². The highest BCUT2D eigenvalue weighted by molar-refractivity contribution is 7.84. The lowest BCUT2D eigenvalue weighted by molar-refractivity contribution is 0.211. The van der Waals surface area contributed by atoms with Crippen molar-refractivity contribution in [1.29, 1.82) is 0 Å². The van der Waals surface area contributed by atoms with Crippen molar-refractivity contribution < 1.29 is 13.7 Å². The van der Waals surface area contributed by atoms with Gasteiger partial charge in [-0.3, -0.25) is 4.21 Å². The normalized spacial score (nSPS) is 13.0. The zero-order chi connectivity index (χ0) is 17.5. The van der Waals surface area contributed by atoms with Crippen LogP contribution in [0.25, 0.3) is 0 Å². The van der Waals surface area contributed by atoms with Gasteiger partial charge >= 0.3 is 6.03 Å². The number of amides is 2. The van der Waals surface area contributed by atoms with Crippen molar-refractivity contribution >= 4 is 22.5 Å². The number of para-hydroxylation sites is 1. The molecular weight excluding hydrogens is 324 g/mol. The summed E-state index contributed by atoms with van der Waals surface area (Å²) >= 11 is 0. The van der Waals surface area contributed by atoms with Crippen molar-refractivity contribution in [2.24, 2.45) is 0 Å². The van der Waals surface area contributed by atoms with Gasteiger partial charge in [0.1, 0.15) is 11.9 Å². The minimum atomic E-state index is -1.08. The van der Waals surface area contributed by atoms with Crippen LogP contribution in [0, 0.1) is 6.92 Å². The summed E-state index contributed by atoms with van der Waals surface area (Å²) in [4.78, 5) is 12.6. The number of anilines is 1. The summed E-state index contributed by atoms with van der Waals surface area (Å²) in [5.74, 6) is 0.810. The smallest absolute Gasteiger partial charge is 0.319 e. The molecule has 0 aromatic heterocycles. The van der Waals surface area contributed by atoms with Gasteiger partial charge in [0.25, 0.3) is 0 Å². The van der Waals surface area contributed by atoms with Crippen molar-refractivity contribution in [3.05, 3.63) is 54.1 Å². The van der Waals surface area contributed by atoms with E-state index >= 15 is 0 Å². The molecule has 0 unspecified atom stereocenters. The summed E-state index contributed by atoms with van der Waals surface area (Å²) in [6, 6.07) is 14.4. The lowest BCUT2D eigenvalue weighted by atomic mass is 10.2. The van der Waals surface area contributed by atoms with Gasteiger partial charge in [0.05, 0.1) is 6.54 Å². The first kappa shape index (κ1) is 18.0. The van der Waals surface area contributed by atoms with E-state index in [0.29, 0.717) is 17.1 Å². The number of urea groups is 1. The molecule has 6 heteroatoms. The number of nitrogens with one attached hydrogen (secondary N) is 2. The van der Waals surface area contributed by atoms with E-state index in [0.717, 1.165) is 11.3 Å². The summed E-state index contributed by atoms with van der Waals surface area (Å²) < 4.78 is 17.3. The molecule has 0 radical (unpaired) electrons. The Morgan fingerprint density at radius 1 is 1.21 bits per heavy atom. The number of benzene rings is 2. The molecular formula is C18H22N2O3S. The molecule has 128 valence electrons. The fraction of sp³-hybridized carbons (Fsp3) is 0.278. The number of rotatable bonds is 6. The minimum absolute atomic E-state index is 0.161. The zero-order valence-corrected chi connectivity index (χ0v) is 14.9. The van der Waals surface area contributed by atoms with E-state index < -0.39 is 10.8 Å². The fourth-order valence-corrected chi connectivity index (χ4v) is 2.67. The van der Waals surface area contributed by atoms with E-state index in [2.05, 4.69) is 10.6 Å². The highest BCUT2D eigenvalue weighted by Gasteiger charge is 2.09. The van der Waals surface area contributed by atoms with E-state index in [1.807, 2.05) is 38.1 Å². The first-order chi connectivity index (χ1) is 11.5. The van der Waals surface area contributed by atoms with Crippen molar-refractivity contribution in [1.82, 2.24) is 5.32 Å².